The van der Waals surface area contributed by atoms with Gasteiger partial charge < -0.3 is 20.1 Å². The van der Waals surface area contributed by atoms with Gasteiger partial charge in [-0.1, -0.05) is 31.5 Å². The van der Waals surface area contributed by atoms with Gasteiger partial charge in [-0.25, -0.2) is 4.79 Å². The van der Waals surface area contributed by atoms with Crippen LogP contribution in [-0.4, -0.2) is 31.4 Å². The highest BCUT2D eigenvalue weighted by atomic mass is 35.5. The first-order chi connectivity index (χ1) is 9.56. The number of benzene rings is 1. The van der Waals surface area contributed by atoms with Gasteiger partial charge in [0.05, 0.1) is 6.54 Å². The summed E-state index contributed by atoms with van der Waals surface area (Å²) in [5.41, 5.74) is 0.917. The van der Waals surface area contributed by atoms with E-state index in [2.05, 4.69) is 24.5 Å². The minimum Gasteiger partial charge on any atom is -0.489 e. The van der Waals surface area contributed by atoms with Gasteiger partial charge in [0, 0.05) is 23.2 Å². The van der Waals surface area contributed by atoms with E-state index in [-0.39, 0.29) is 6.10 Å². The number of nitrogens with one attached hydrogen (secondary N) is 2. The molecule has 1 saturated heterocycles. The lowest BCUT2D eigenvalue weighted by Crippen LogP contribution is -2.24. The Kier molecular flexibility index (Phi) is 5.09. The summed E-state index contributed by atoms with van der Waals surface area (Å²) in [6.45, 7) is 5.56. The normalized spacial score (nSPS) is 18.0. The van der Waals surface area contributed by atoms with Crippen molar-refractivity contribution in [3.63, 3.8) is 0 Å². The van der Waals surface area contributed by atoms with Crippen LogP contribution in [0.2, 0.25) is 5.02 Å². The van der Waals surface area contributed by atoms with Crippen LogP contribution in [-0.2, 0) is 11.3 Å². The van der Waals surface area contributed by atoms with Crippen LogP contribution in [0.25, 0.3) is 0 Å². The zero-order chi connectivity index (χ0) is 14.5. The maximum absolute atomic E-state index is 10.9. The highest BCUT2D eigenvalue weighted by Gasteiger charge is 2.23. The van der Waals surface area contributed by atoms with E-state index in [1.165, 1.54) is 0 Å². The van der Waals surface area contributed by atoms with Crippen molar-refractivity contribution in [2.24, 2.45) is 0 Å². The van der Waals surface area contributed by atoms with E-state index in [1.807, 2.05) is 18.2 Å². The van der Waals surface area contributed by atoms with E-state index >= 15 is 0 Å². The maximum Gasteiger partial charge on any atom is 0.407 e. The van der Waals surface area contributed by atoms with Gasteiger partial charge in [-0.3, -0.25) is 0 Å². The van der Waals surface area contributed by atoms with Gasteiger partial charge in [0.1, 0.15) is 12.4 Å². The molecule has 0 spiro atoms. The summed E-state index contributed by atoms with van der Waals surface area (Å²) >= 11 is 6.21. The number of rotatable bonds is 6. The molecule has 2 rings (SSSR count). The Labute approximate surface area is 123 Å². The molecule has 1 atom stereocenters. The van der Waals surface area contributed by atoms with Crippen LogP contribution in [0.3, 0.4) is 0 Å². The number of ether oxygens (including phenoxy) is 2. The van der Waals surface area contributed by atoms with E-state index < -0.39 is 6.09 Å². The van der Waals surface area contributed by atoms with Gasteiger partial charge >= 0.3 is 6.09 Å². The molecule has 5 nitrogen and oxygen atoms in total. The predicted octanol–water partition coefficient (Wildman–Crippen LogP) is 2.33. The fraction of sp³-hybridized carbons (Fsp3) is 0.500. The van der Waals surface area contributed by atoms with Gasteiger partial charge in [-0.05, 0) is 12.1 Å². The van der Waals surface area contributed by atoms with Crippen LogP contribution in [0.5, 0.6) is 5.75 Å². The lowest BCUT2D eigenvalue weighted by Gasteiger charge is -2.16. The first-order valence-corrected chi connectivity index (χ1v) is 7.02. The Morgan fingerprint density at radius 1 is 1.55 bits per heavy atom. The first kappa shape index (κ1) is 14.9. The number of carbonyl (C=O) groups is 1. The summed E-state index contributed by atoms with van der Waals surface area (Å²) in [6.07, 6.45) is -0.654. The van der Waals surface area contributed by atoms with E-state index in [4.69, 9.17) is 21.1 Å². The van der Waals surface area contributed by atoms with E-state index in [9.17, 15) is 4.79 Å². The molecule has 1 aromatic carbocycles. The van der Waals surface area contributed by atoms with E-state index in [0.29, 0.717) is 36.5 Å². The number of hydrogen-bond acceptors (Lipinski definition) is 4. The van der Waals surface area contributed by atoms with Crippen LogP contribution in [0, 0.1) is 0 Å². The SMILES string of the molecule is CC(C)NCc1c(Cl)cccc1OCC1CNC(=O)O1. The molecule has 1 heterocycles. The lowest BCUT2D eigenvalue weighted by atomic mass is 10.2. The Hall–Kier alpha value is -1.46. The number of carbonyl (C=O) groups excluding carboxylic acids is 1. The van der Waals surface area contributed by atoms with Crippen molar-refractivity contribution in [1.82, 2.24) is 10.6 Å². The smallest absolute Gasteiger partial charge is 0.407 e. The molecular weight excluding hydrogens is 280 g/mol. The molecule has 1 unspecified atom stereocenters. The number of alkyl carbamates (subject to hydrolysis) is 1. The predicted molar refractivity (Wildman–Crippen MR) is 77.2 cm³/mol. The molecule has 0 bridgehead atoms. The third kappa shape index (κ3) is 4.02. The maximum atomic E-state index is 10.9. The molecule has 0 radical (unpaired) electrons. The number of halogens is 1. The highest BCUT2D eigenvalue weighted by molar-refractivity contribution is 6.31. The third-order valence-corrected chi connectivity index (χ3v) is 3.29. The quantitative estimate of drug-likeness (QED) is 0.846. The van der Waals surface area contributed by atoms with Crippen LogP contribution >= 0.6 is 11.6 Å². The molecule has 0 aromatic heterocycles. The van der Waals surface area contributed by atoms with Gasteiger partial charge in [-0.2, -0.15) is 0 Å². The van der Waals surface area contributed by atoms with Gasteiger partial charge in [0.25, 0.3) is 0 Å². The van der Waals surface area contributed by atoms with Crippen LogP contribution < -0.4 is 15.4 Å². The standard InChI is InChI=1S/C14H19ClN2O3/c1-9(2)16-7-11-12(15)4-3-5-13(11)19-8-10-6-17-14(18)20-10/h3-5,9-10,16H,6-8H2,1-2H3,(H,17,18). The van der Waals surface area contributed by atoms with Gasteiger partial charge in [0.15, 0.2) is 6.10 Å². The van der Waals surface area contributed by atoms with Gasteiger partial charge in [0.2, 0.25) is 0 Å². The van der Waals surface area contributed by atoms with E-state index in [0.717, 1.165) is 5.56 Å². The second kappa shape index (κ2) is 6.81. The fourth-order valence-electron chi connectivity index (χ4n) is 1.86. The third-order valence-electron chi connectivity index (χ3n) is 2.94. The Balaban J connectivity index is 1.99. The Morgan fingerprint density at radius 2 is 2.35 bits per heavy atom. The monoisotopic (exact) mass is 298 g/mol. The van der Waals surface area contributed by atoms with Crippen molar-refractivity contribution in [2.75, 3.05) is 13.2 Å². The topological polar surface area (TPSA) is 59.6 Å². The minimum atomic E-state index is -0.397. The van der Waals surface area contributed by atoms with Crippen molar-refractivity contribution in [1.29, 1.82) is 0 Å². The van der Waals surface area contributed by atoms with Crippen molar-refractivity contribution < 1.29 is 14.3 Å². The highest BCUT2D eigenvalue weighted by Crippen LogP contribution is 2.26. The van der Waals surface area contributed by atoms with Crippen molar-refractivity contribution in [3.8, 4) is 5.75 Å². The second-order valence-electron chi connectivity index (χ2n) is 4.97. The van der Waals surface area contributed by atoms with Crippen molar-refractivity contribution >= 4 is 17.7 Å². The number of cyclic esters (lactones) is 1. The molecule has 1 amide bonds. The summed E-state index contributed by atoms with van der Waals surface area (Å²) in [7, 11) is 0. The molecule has 1 aliphatic heterocycles. The van der Waals surface area contributed by atoms with Crippen molar-refractivity contribution in [2.45, 2.75) is 32.5 Å². The minimum absolute atomic E-state index is 0.257. The summed E-state index contributed by atoms with van der Waals surface area (Å²) < 4.78 is 10.8. The second-order valence-corrected chi connectivity index (χ2v) is 5.38. The lowest BCUT2D eigenvalue weighted by molar-refractivity contribution is 0.104. The largest absolute Gasteiger partial charge is 0.489 e. The summed E-state index contributed by atoms with van der Waals surface area (Å²) in [4.78, 5) is 10.9. The van der Waals surface area contributed by atoms with Gasteiger partial charge in [-0.15, -0.1) is 0 Å². The molecule has 1 aromatic rings. The Morgan fingerprint density at radius 3 is 3.00 bits per heavy atom. The molecule has 0 aliphatic carbocycles. The number of hydrogen-bond donors (Lipinski definition) is 2. The van der Waals surface area contributed by atoms with Crippen LogP contribution in [0.1, 0.15) is 19.4 Å². The summed E-state index contributed by atoms with van der Waals surface area (Å²) in [5.74, 6) is 0.716. The molecule has 110 valence electrons. The van der Waals surface area contributed by atoms with Crippen LogP contribution in [0.4, 0.5) is 4.79 Å². The average Bonchev–Trinajstić information content (AvgIpc) is 2.81. The molecule has 1 fully saturated rings. The summed E-state index contributed by atoms with van der Waals surface area (Å²) in [6, 6.07) is 5.91. The molecule has 2 N–H and O–H groups in total. The zero-order valence-corrected chi connectivity index (χ0v) is 12.4. The molecular formula is C14H19ClN2O3. The molecule has 1 aliphatic rings. The fourth-order valence-corrected chi connectivity index (χ4v) is 2.09. The Bertz CT molecular complexity index is 479. The average molecular weight is 299 g/mol. The zero-order valence-electron chi connectivity index (χ0n) is 11.6. The molecule has 6 heteroatoms. The van der Waals surface area contributed by atoms with Crippen LogP contribution in [0.15, 0.2) is 18.2 Å². The summed E-state index contributed by atoms with van der Waals surface area (Å²) in [5, 5.41) is 6.57. The first-order valence-electron chi connectivity index (χ1n) is 6.64. The number of amides is 1. The molecule has 20 heavy (non-hydrogen) atoms. The van der Waals surface area contributed by atoms with E-state index in [1.54, 1.807) is 0 Å². The molecule has 0 saturated carbocycles. The van der Waals surface area contributed by atoms with Crippen molar-refractivity contribution in [3.05, 3.63) is 28.8 Å².